The zero-order valence-electron chi connectivity index (χ0n) is 19.4. The van der Waals surface area contributed by atoms with Gasteiger partial charge in [-0.1, -0.05) is 66.2 Å². The zero-order valence-corrected chi connectivity index (χ0v) is 20.2. The summed E-state index contributed by atoms with van der Waals surface area (Å²) in [5, 5.41) is 12.6. The fourth-order valence-corrected chi connectivity index (χ4v) is 4.47. The molecule has 6 nitrogen and oxygen atoms in total. The average Bonchev–Trinajstić information content (AvgIpc) is 2.81. The minimum Gasteiger partial charge on any atom is -0.467 e. The van der Waals surface area contributed by atoms with Crippen LogP contribution in [0.4, 0.5) is 10.5 Å². The summed E-state index contributed by atoms with van der Waals surface area (Å²) in [6.45, 7) is 5.28. The monoisotopic (exact) mass is 479 g/mol. The number of anilines is 1. The van der Waals surface area contributed by atoms with Gasteiger partial charge in [-0.25, -0.2) is 9.59 Å². The number of carbonyl (C=O) groups excluding carboxylic acids is 2. The highest BCUT2D eigenvalue weighted by Gasteiger charge is 2.55. The quantitative estimate of drug-likeness (QED) is 0.476. The summed E-state index contributed by atoms with van der Waals surface area (Å²) < 4.78 is 10.8. The van der Waals surface area contributed by atoms with Gasteiger partial charge >= 0.3 is 12.1 Å². The Morgan fingerprint density at radius 3 is 2.12 bits per heavy atom. The fraction of sp³-hybridized carbons (Fsp3) is 0.259. The van der Waals surface area contributed by atoms with Crippen LogP contribution in [-0.4, -0.2) is 29.9 Å². The molecule has 34 heavy (non-hydrogen) atoms. The van der Waals surface area contributed by atoms with E-state index in [2.05, 4.69) is 0 Å². The number of benzene rings is 3. The number of fused-ring (bicyclic) bond motifs is 3. The molecule has 0 saturated carbocycles. The summed E-state index contributed by atoms with van der Waals surface area (Å²) in [6.07, 6.45) is -0.698. The van der Waals surface area contributed by atoms with Gasteiger partial charge in [0.15, 0.2) is 0 Å². The number of hydrogen-bond donors (Lipinski definition) is 1. The third-order valence-electron chi connectivity index (χ3n) is 5.73. The van der Waals surface area contributed by atoms with E-state index >= 15 is 0 Å². The van der Waals surface area contributed by atoms with E-state index in [4.69, 9.17) is 21.1 Å². The number of rotatable bonds is 3. The molecule has 0 radical (unpaired) electrons. The zero-order chi connectivity index (χ0) is 24.7. The van der Waals surface area contributed by atoms with Gasteiger partial charge in [-0.2, -0.15) is 0 Å². The molecular formula is C27H26ClNO5. The molecule has 3 aromatic carbocycles. The first-order valence-electron chi connectivity index (χ1n) is 10.9. The van der Waals surface area contributed by atoms with Crippen LogP contribution < -0.4 is 4.90 Å². The van der Waals surface area contributed by atoms with Gasteiger partial charge in [0.2, 0.25) is 5.60 Å². The molecule has 1 amide bonds. The minimum atomic E-state index is -2.26. The fourth-order valence-electron chi connectivity index (χ4n) is 4.34. The van der Waals surface area contributed by atoms with Crippen molar-refractivity contribution in [2.45, 2.75) is 38.0 Å². The Labute approximate surface area is 203 Å². The standard InChI is InChI=1S/C27H26ClNO5/c1-26(2,3)34-25(31)29-22-12-8-7-10-20(22)19-9-5-6-11-21(19)23(29)27(32,24(30)33-4)17-13-15-18(28)16-14-17/h5-16,23,32H,1-4H3/t23?,27-/m0/s1. The van der Waals surface area contributed by atoms with Crippen molar-refractivity contribution in [3.8, 4) is 11.1 Å². The normalized spacial score (nSPS) is 16.6. The third kappa shape index (κ3) is 4.04. The molecule has 1 aliphatic heterocycles. The number of esters is 1. The smallest absolute Gasteiger partial charge is 0.415 e. The van der Waals surface area contributed by atoms with Crippen LogP contribution >= 0.6 is 11.6 Å². The van der Waals surface area contributed by atoms with E-state index in [1.807, 2.05) is 24.3 Å². The van der Waals surface area contributed by atoms with E-state index in [1.54, 1.807) is 69.3 Å². The van der Waals surface area contributed by atoms with Crippen LogP contribution in [-0.2, 0) is 19.9 Å². The number of amides is 1. The Morgan fingerprint density at radius 1 is 0.912 bits per heavy atom. The molecule has 7 heteroatoms. The van der Waals surface area contributed by atoms with Crippen LogP contribution in [0.3, 0.4) is 0 Å². The molecule has 176 valence electrons. The second kappa shape index (κ2) is 8.78. The molecule has 1 N–H and O–H groups in total. The van der Waals surface area contributed by atoms with Gasteiger partial charge in [0, 0.05) is 10.6 Å². The lowest BCUT2D eigenvalue weighted by Crippen LogP contribution is -2.54. The van der Waals surface area contributed by atoms with Crippen LogP contribution in [0.25, 0.3) is 11.1 Å². The van der Waals surface area contributed by atoms with Gasteiger partial charge < -0.3 is 14.6 Å². The number of nitrogens with zero attached hydrogens (tertiary/aromatic N) is 1. The van der Waals surface area contributed by atoms with Gasteiger partial charge in [0.05, 0.1) is 12.8 Å². The van der Waals surface area contributed by atoms with Gasteiger partial charge in [0.25, 0.3) is 0 Å². The van der Waals surface area contributed by atoms with Crippen LogP contribution in [0.15, 0.2) is 72.8 Å². The summed E-state index contributed by atoms with van der Waals surface area (Å²) in [6, 6.07) is 19.7. The first-order chi connectivity index (χ1) is 16.1. The Morgan fingerprint density at radius 2 is 1.50 bits per heavy atom. The highest BCUT2D eigenvalue weighted by Crippen LogP contribution is 2.52. The SMILES string of the molecule is COC(=O)[C@](O)(c1ccc(Cl)cc1)C1c2ccccc2-c2ccccc2N1C(=O)OC(C)(C)C. The molecule has 3 aromatic rings. The highest BCUT2D eigenvalue weighted by molar-refractivity contribution is 6.30. The molecule has 0 fully saturated rings. The number of methoxy groups -OCH3 is 1. The lowest BCUT2D eigenvalue weighted by molar-refractivity contribution is -0.166. The van der Waals surface area contributed by atoms with Crippen molar-refractivity contribution in [1.29, 1.82) is 0 Å². The van der Waals surface area contributed by atoms with Crippen molar-refractivity contribution < 1.29 is 24.2 Å². The van der Waals surface area contributed by atoms with E-state index in [1.165, 1.54) is 12.0 Å². The molecule has 0 aliphatic carbocycles. The van der Waals surface area contributed by atoms with Gasteiger partial charge in [-0.15, -0.1) is 0 Å². The Hall–Kier alpha value is -3.35. The van der Waals surface area contributed by atoms with E-state index in [0.29, 0.717) is 16.3 Å². The maximum absolute atomic E-state index is 13.7. The second-order valence-corrected chi connectivity index (χ2v) is 9.56. The van der Waals surface area contributed by atoms with E-state index < -0.39 is 29.3 Å². The van der Waals surface area contributed by atoms with Gasteiger partial charge in [-0.05, 0) is 55.7 Å². The molecule has 4 rings (SSSR count). The molecule has 1 aliphatic rings. The molecule has 0 aromatic heterocycles. The molecule has 2 atom stereocenters. The van der Waals surface area contributed by atoms with Crippen LogP contribution in [0.5, 0.6) is 0 Å². The minimum absolute atomic E-state index is 0.233. The van der Waals surface area contributed by atoms with Crippen LogP contribution in [0, 0.1) is 0 Å². The summed E-state index contributed by atoms with van der Waals surface area (Å²) in [4.78, 5) is 28.3. The molecular weight excluding hydrogens is 454 g/mol. The number of para-hydroxylation sites is 1. The van der Waals surface area contributed by atoms with Gasteiger partial charge in [0.1, 0.15) is 11.6 Å². The maximum atomic E-state index is 13.7. The predicted octanol–water partition coefficient (Wildman–Crippen LogP) is 5.86. The van der Waals surface area contributed by atoms with E-state index in [9.17, 15) is 14.7 Å². The highest BCUT2D eigenvalue weighted by atomic mass is 35.5. The van der Waals surface area contributed by atoms with E-state index in [0.717, 1.165) is 11.1 Å². The molecule has 1 unspecified atom stereocenters. The number of carbonyl (C=O) groups is 2. The van der Waals surface area contributed by atoms with Crippen molar-refractivity contribution in [1.82, 2.24) is 0 Å². The predicted molar refractivity (Wildman–Crippen MR) is 131 cm³/mol. The second-order valence-electron chi connectivity index (χ2n) is 9.12. The van der Waals surface area contributed by atoms with Crippen LogP contribution in [0.1, 0.15) is 37.9 Å². The Balaban J connectivity index is 2.04. The number of halogens is 1. The summed E-state index contributed by atoms with van der Waals surface area (Å²) in [5.41, 5.74) is -0.178. The van der Waals surface area contributed by atoms with Crippen molar-refractivity contribution in [2.24, 2.45) is 0 Å². The van der Waals surface area contributed by atoms with Crippen molar-refractivity contribution >= 4 is 29.4 Å². The lowest BCUT2D eigenvalue weighted by Gasteiger charge is -2.45. The largest absolute Gasteiger partial charge is 0.467 e. The Kier molecular flexibility index (Phi) is 6.14. The average molecular weight is 480 g/mol. The van der Waals surface area contributed by atoms with E-state index in [-0.39, 0.29) is 5.56 Å². The van der Waals surface area contributed by atoms with Gasteiger partial charge in [-0.3, -0.25) is 4.90 Å². The first kappa shape index (κ1) is 23.8. The maximum Gasteiger partial charge on any atom is 0.415 e. The van der Waals surface area contributed by atoms with Crippen molar-refractivity contribution in [3.05, 3.63) is 88.9 Å². The number of ether oxygens (including phenoxy) is 2. The first-order valence-corrected chi connectivity index (χ1v) is 11.2. The Bertz CT molecular complexity index is 1230. The molecule has 0 spiro atoms. The molecule has 0 saturated heterocycles. The molecule has 1 heterocycles. The lowest BCUT2D eigenvalue weighted by atomic mass is 9.76. The van der Waals surface area contributed by atoms with Crippen LogP contribution in [0.2, 0.25) is 5.02 Å². The number of aliphatic hydroxyl groups is 1. The summed E-state index contributed by atoms with van der Waals surface area (Å²) in [7, 11) is 1.20. The molecule has 0 bridgehead atoms. The summed E-state index contributed by atoms with van der Waals surface area (Å²) >= 11 is 6.08. The number of hydrogen-bond acceptors (Lipinski definition) is 5. The summed E-state index contributed by atoms with van der Waals surface area (Å²) in [5.74, 6) is -0.914. The van der Waals surface area contributed by atoms with Crippen molar-refractivity contribution in [3.63, 3.8) is 0 Å². The van der Waals surface area contributed by atoms with Crippen molar-refractivity contribution in [2.75, 3.05) is 12.0 Å². The topological polar surface area (TPSA) is 76.1 Å². The third-order valence-corrected chi connectivity index (χ3v) is 5.99.